The molecule has 1 amide bonds. The lowest BCUT2D eigenvalue weighted by atomic mass is 10.0. The summed E-state index contributed by atoms with van der Waals surface area (Å²) >= 11 is 1.47. The van der Waals surface area contributed by atoms with Crippen LogP contribution >= 0.6 is 11.3 Å². The van der Waals surface area contributed by atoms with Crippen LogP contribution in [0.3, 0.4) is 0 Å². The molecule has 0 unspecified atom stereocenters. The minimum atomic E-state index is -0.232. The molecule has 0 saturated heterocycles. The topological polar surface area (TPSA) is 60.5 Å². The highest BCUT2D eigenvalue weighted by molar-refractivity contribution is 7.22. The maximum absolute atomic E-state index is 12.5. The normalized spacial score (nSPS) is 10.9. The molecule has 0 aliphatic carbocycles. The Morgan fingerprint density at radius 1 is 1.08 bits per heavy atom. The van der Waals surface area contributed by atoms with E-state index < -0.39 is 0 Å². The molecule has 0 fully saturated rings. The van der Waals surface area contributed by atoms with E-state index in [0.29, 0.717) is 28.1 Å². The van der Waals surface area contributed by atoms with Gasteiger partial charge < -0.3 is 9.47 Å². The number of amides is 1. The summed E-state index contributed by atoms with van der Waals surface area (Å²) in [6.07, 6.45) is 0. The number of anilines is 1. The molecule has 0 aliphatic rings. The van der Waals surface area contributed by atoms with Crippen molar-refractivity contribution in [3.05, 3.63) is 47.5 Å². The Labute approximate surface area is 150 Å². The molecule has 25 heavy (non-hydrogen) atoms. The zero-order valence-electron chi connectivity index (χ0n) is 14.6. The molecule has 1 heterocycles. The number of carbonyl (C=O) groups is 1. The zero-order valence-corrected chi connectivity index (χ0v) is 15.4. The fourth-order valence-electron chi connectivity index (χ4n) is 2.50. The lowest BCUT2D eigenvalue weighted by Crippen LogP contribution is -2.11. The van der Waals surface area contributed by atoms with Gasteiger partial charge in [-0.1, -0.05) is 31.3 Å². The first kappa shape index (κ1) is 17.2. The van der Waals surface area contributed by atoms with E-state index in [9.17, 15) is 4.79 Å². The van der Waals surface area contributed by atoms with Crippen molar-refractivity contribution in [1.29, 1.82) is 0 Å². The molecule has 5 nitrogen and oxygen atoms in total. The van der Waals surface area contributed by atoms with Gasteiger partial charge in [0, 0.05) is 5.56 Å². The maximum atomic E-state index is 12.5. The number of benzene rings is 2. The van der Waals surface area contributed by atoms with E-state index in [4.69, 9.17) is 9.47 Å². The first-order valence-corrected chi connectivity index (χ1v) is 8.77. The number of hydrogen-bond donors (Lipinski definition) is 1. The van der Waals surface area contributed by atoms with Gasteiger partial charge in [-0.15, -0.1) is 0 Å². The van der Waals surface area contributed by atoms with Gasteiger partial charge in [0.1, 0.15) is 0 Å². The van der Waals surface area contributed by atoms with E-state index >= 15 is 0 Å². The Hall–Kier alpha value is -2.60. The number of fused-ring (bicyclic) bond motifs is 1. The third-order valence-electron chi connectivity index (χ3n) is 3.95. The smallest absolute Gasteiger partial charge is 0.257 e. The Balaban J connectivity index is 1.84. The minimum Gasteiger partial charge on any atom is -0.493 e. The molecule has 0 atom stereocenters. The maximum Gasteiger partial charge on any atom is 0.257 e. The van der Waals surface area contributed by atoms with Crippen LogP contribution < -0.4 is 14.8 Å². The van der Waals surface area contributed by atoms with E-state index in [1.165, 1.54) is 16.9 Å². The second-order valence-corrected chi connectivity index (χ2v) is 6.96. The molecular weight excluding hydrogens is 336 g/mol. The van der Waals surface area contributed by atoms with Crippen molar-refractivity contribution in [1.82, 2.24) is 4.98 Å². The number of rotatable bonds is 5. The van der Waals surface area contributed by atoms with Gasteiger partial charge in [-0.3, -0.25) is 10.1 Å². The van der Waals surface area contributed by atoms with Crippen LogP contribution in [0, 0.1) is 0 Å². The number of aromatic nitrogens is 1. The largest absolute Gasteiger partial charge is 0.493 e. The van der Waals surface area contributed by atoms with Crippen LogP contribution in [-0.4, -0.2) is 25.1 Å². The van der Waals surface area contributed by atoms with Crippen LogP contribution in [0.15, 0.2) is 36.4 Å². The zero-order chi connectivity index (χ0) is 18.0. The van der Waals surface area contributed by atoms with Gasteiger partial charge in [-0.25, -0.2) is 4.98 Å². The molecule has 0 aliphatic heterocycles. The van der Waals surface area contributed by atoms with Crippen molar-refractivity contribution < 1.29 is 14.3 Å². The molecule has 3 rings (SSSR count). The van der Waals surface area contributed by atoms with Crippen molar-refractivity contribution in [2.75, 3.05) is 19.5 Å². The van der Waals surface area contributed by atoms with Gasteiger partial charge in [0.05, 0.1) is 24.4 Å². The van der Waals surface area contributed by atoms with Crippen LogP contribution in [0.5, 0.6) is 11.5 Å². The van der Waals surface area contributed by atoms with Crippen molar-refractivity contribution in [3.63, 3.8) is 0 Å². The van der Waals surface area contributed by atoms with Crippen LogP contribution in [-0.2, 0) is 0 Å². The molecule has 130 valence electrons. The van der Waals surface area contributed by atoms with Gasteiger partial charge in [-0.05, 0) is 41.8 Å². The van der Waals surface area contributed by atoms with Crippen LogP contribution in [0.1, 0.15) is 35.7 Å². The highest BCUT2D eigenvalue weighted by atomic mass is 32.1. The van der Waals surface area contributed by atoms with Gasteiger partial charge >= 0.3 is 0 Å². The Kier molecular flexibility index (Phi) is 4.90. The third kappa shape index (κ3) is 3.58. The summed E-state index contributed by atoms with van der Waals surface area (Å²) < 4.78 is 11.5. The van der Waals surface area contributed by atoms with E-state index in [1.54, 1.807) is 32.4 Å². The molecule has 0 radical (unpaired) electrons. The Morgan fingerprint density at radius 2 is 1.84 bits per heavy atom. The van der Waals surface area contributed by atoms with Crippen LogP contribution in [0.4, 0.5) is 5.13 Å². The lowest BCUT2D eigenvalue weighted by molar-refractivity contribution is 0.102. The van der Waals surface area contributed by atoms with E-state index in [0.717, 1.165) is 10.2 Å². The number of ether oxygens (including phenoxy) is 2. The van der Waals surface area contributed by atoms with Gasteiger partial charge in [0.15, 0.2) is 16.6 Å². The second-order valence-electron chi connectivity index (χ2n) is 5.92. The number of nitrogens with zero attached hydrogens (tertiary/aromatic N) is 1. The van der Waals surface area contributed by atoms with Crippen molar-refractivity contribution >= 4 is 32.6 Å². The van der Waals surface area contributed by atoms with Gasteiger partial charge in [0.2, 0.25) is 0 Å². The molecule has 3 aromatic rings. The molecule has 0 spiro atoms. The quantitative estimate of drug-likeness (QED) is 0.720. The summed E-state index contributed by atoms with van der Waals surface area (Å²) in [6, 6.07) is 11.3. The van der Waals surface area contributed by atoms with Crippen molar-refractivity contribution in [2.45, 2.75) is 19.8 Å². The van der Waals surface area contributed by atoms with Crippen LogP contribution in [0.25, 0.3) is 10.2 Å². The van der Waals surface area contributed by atoms with Gasteiger partial charge in [-0.2, -0.15) is 0 Å². The monoisotopic (exact) mass is 356 g/mol. The Bertz CT molecular complexity index is 918. The van der Waals surface area contributed by atoms with Crippen molar-refractivity contribution in [3.8, 4) is 11.5 Å². The van der Waals surface area contributed by atoms with Crippen molar-refractivity contribution in [2.24, 2.45) is 0 Å². The molecule has 0 bridgehead atoms. The van der Waals surface area contributed by atoms with E-state index in [-0.39, 0.29) is 5.91 Å². The second kappa shape index (κ2) is 7.11. The minimum absolute atomic E-state index is 0.232. The standard InChI is InChI=1S/C19H20N2O3S/c1-11(2)12-5-7-14-17(10-12)25-19(20-14)21-18(22)13-6-8-15(23-3)16(9-13)24-4/h5-11H,1-4H3,(H,20,21,22). The fourth-order valence-corrected chi connectivity index (χ4v) is 3.41. The molecule has 0 saturated carbocycles. The number of methoxy groups -OCH3 is 2. The molecule has 1 N–H and O–H groups in total. The molecule has 2 aromatic carbocycles. The van der Waals surface area contributed by atoms with E-state index in [1.807, 2.05) is 6.07 Å². The number of carbonyl (C=O) groups excluding carboxylic acids is 1. The van der Waals surface area contributed by atoms with E-state index in [2.05, 4.69) is 36.3 Å². The molecular formula is C19H20N2O3S. The summed E-state index contributed by atoms with van der Waals surface area (Å²) in [4.78, 5) is 17.0. The summed E-state index contributed by atoms with van der Waals surface area (Å²) in [5.74, 6) is 1.32. The SMILES string of the molecule is COc1ccc(C(=O)Nc2nc3ccc(C(C)C)cc3s2)cc1OC. The summed E-state index contributed by atoms with van der Waals surface area (Å²) in [7, 11) is 3.10. The summed E-state index contributed by atoms with van der Waals surface area (Å²) in [5.41, 5.74) is 2.63. The number of nitrogens with one attached hydrogen (secondary N) is 1. The predicted octanol–water partition coefficient (Wildman–Crippen LogP) is 4.69. The fraction of sp³-hybridized carbons (Fsp3) is 0.263. The lowest BCUT2D eigenvalue weighted by Gasteiger charge is -2.09. The first-order valence-electron chi connectivity index (χ1n) is 7.95. The number of thiazole rings is 1. The highest BCUT2D eigenvalue weighted by Crippen LogP contribution is 2.30. The summed E-state index contributed by atoms with van der Waals surface area (Å²) in [6.45, 7) is 4.31. The third-order valence-corrected chi connectivity index (χ3v) is 4.88. The molecule has 1 aromatic heterocycles. The Morgan fingerprint density at radius 3 is 2.52 bits per heavy atom. The van der Waals surface area contributed by atoms with Crippen LogP contribution in [0.2, 0.25) is 0 Å². The number of hydrogen-bond acceptors (Lipinski definition) is 5. The van der Waals surface area contributed by atoms with Gasteiger partial charge in [0.25, 0.3) is 5.91 Å². The highest BCUT2D eigenvalue weighted by Gasteiger charge is 2.13. The predicted molar refractivity (Wildman–Crippen MR) is 101 cm³/mol. The molecule has 6 heteroatoms. The first-order chi connectivity index (χ1) is 12.0. The summed E-state index contributed by atoms with van der Waals surface area (Å²) in [5, 5.41) is 3.44. The average molecular weight is 356 g/mol. The average Bonchev–Trinajstić information content (AvgIpc) is 3.02.